The van der Waals surface area contributed by atoms with Gasteiger partial charge in [0.1, 0.15) is 35.0 Å². The summed E-state index contributed by atoms with van der Waals surface area (Å²) < 4.78 is 1.69. The summed E-state index contributed by atoms with van der Waals surface area (Å²) in [5, 5.41) is 12.5. The summed E-state index contributed by atoms with van der Waals surface area (Å²) in [5.74, 6) is 1.50. The molecule has 5 aliphatic rings. The number of nitrogens with one attached hydrogen (secondary N) is 4. The summed E-state index contributed by atoms with van der Waals surface area (Å²) in [6.07, 6.45) is 7.49. The number of carbonyl (C=O) groups is 2. The second kappa shape index (κ2) is 7.13. The van der Waals surface area contributed by atoms with Crippen molar-refractivity contribution >= 4 is 29.1 Å². The van der Waals surface area contributed by atoms with Crippen LogP contribution in [-0.4, -0.2) is 39.4 Å². The van der Waals surface area contributed by atoms with E-state index in [1.54, 1.807) is 16.7 Å². The van der Waals surface area contributed by atoms with Crippen molar-refractivity contribution in [3.05, 3.63) is 40.1 Å². The quantitative estimate of drug-likeness (QED) is 0.531. The zero-order valence-corrected chi connectivity index (χ0v) is 19.7. The number of aromatic nitrogens is 3. The van der Waals surface area contributed by atoms with E-state index in [1.165, 1.54) is 19.2 Å². The van der Waals surface area contributed by atoms with Gasteiger partial charge in [0.2, 0.25) is 5.91 Å². The van der Waals surface area contributed by atoms with Crippen LogP contribution in [0.2, 0.25) is 0 Å². The minimum atomic E-state index is -0.651. The molecule has 10 nitrogen and oxygen atoms in total. The molecule has 7 rings (SSSR count). The van der Waals surface area contributed by atoms with Gasteiger partial charge in [-0.3, -0.25) is 19.0 Å². The van der Waals surface area contributed by atoms with E-state index in [-0.39, 0.29) is 23.3 Å². The van der Waals surface area contributed by atoms with Crippen LogP contribution in [-0.2, 0) is 10.5 Å². The molecule has 4 N–H and O–H groups in total. The Hall–Kier alpha value is -3.27. The maximum absolute atomic E-state index is 13.7. The lowest BCUT2D eigenvalue weighted by Crippen LogP contribution is -2.50. The number of amides is 2. The molecule has 35 heavy (non-hydrogen) atoms. The van der Waals surface area contributed by atoms with Gasteiger partial charge in [0.05, 0.1) is 0 Å². The van der Waals surface area contributed by atoms with Crippen molar-refractivity contribution in [2.24, 2.45) is 23.2 Å². The van der Waals surface area contributed by atoms with Gasteiger partial charge in [0, 0.05) is 12.0 Å². The third-order valence-corrected chi connectivity index (χ3v) is 9.05. The average molecular weight is 476 g/mol. The molecule has 2 spiro atoms. The highest BCUT2D eigenvalue weighted by atomic mass is 16.2. The smallest absolute Gasteiger partial charge is 0.276 e. The SMILES string of the molecule is Cc1cc(Nc2cc(NC(=O)C3[C@H]4CNC[C@@H]34)ncn2)c(=O)n2c1C(=O)NC21CCC2(CC2)CC1. The first-order valence-corrected chi connectivity index (χ1v) is 12.6. The molecule has 0 radical (unpaired) electrons. The standard InChI is InChI=1S/C25H29N7O3/c1-13-8-16(23(35)32-20(13)22(34)31-25(32)6-4-24(2-3-24)5-7-25)29-17-9-18(28-12-27-17)30-21(33)19-14-10-26-11-15(14)19/h8-9,12,14-15,19,26H,2-7,10-11H2,1H3,(H,31,34)(H2,27,28,29,30,33)/t14-,15+,19?. The molecule has 3 atom stereocenters. The van der Waals surface area contributed by atoms with Gasteiger partial charge in [-0.1, -0.05) is 0 Å². The molecule has 0 aromatic carbocycles. The Morgan fingerprint density at radius 1 is 1.03 bits per heavy atom. The number of hydrogen-bond acceptors (Lipinski definition) is 7. The van der Waals surface area contributed by atoms with E-state index in [1.807, 2.05) is 6.92 Å². The molecule has 1 unspecified atom stereocenters. The number of fused-ring (bicyclic) bond motifs is 3. The van der Waals surface area contributed by atoms with Crippen molar-refractivity contribution in [2.45, 2.75) is 51.1 Å². The Bertz CT molecular complexity index is 1310. The number of anilines is 3. The molecule has 182 valence electrons. The van der Waals surface area contributed by atoms with E-state index >= 15 is 0 Å². The Kier molecular flexibility index (Phi) is 4.29. The highest BCUT2D eigenvalue weighted by Gasteiger charge is 2.57. The number of rotatable bonds is 4. The van der Waals surface area contributed by atoms with Crippen LogP contribution in [0.4, 0.5) is 17.3 Å². The summed E-state index contributed by atoms with van der Waals surface area (Å²) in [5.41, 5.74) is 1.09. The Morgan fingerprint density at radius 3 is 2.43 bits per heavy atom. The Balaban J connectivity index is 1.16. The molecule has 0 bridgehead atoms. The van der Waals surface area contributed by atoms with Gasteiger partial charge in [-0.15, -0.1) is 0 Å². The van der Waals surface area contributed by atoms with Crippen LogP contribution in [0.5, 0.6) is 0 Å². The molecular weight excluding hydrogens is 446 g/mol. The van der Waals surface area contributed by atoms with Gasteiger partial charge in [-0.05, 0) is 87.4 Å². The molecule has 1 saturated heterocycles. The number of hydrogen-bond donors (Lipinski definition) is 4. The normalized spacial score (nSPS) is 28.4. The number of aryl methyl sites for hydroxylation is 1. The van der Waals surface area contributed by atoms with Gasteiger partial charge in [-0.25, -0.2) is 9.97 Å². The summed E-state index contributed by atoms with van der Waals surface area (Å²) in [4.78, 5) is 47.6. The fourth-order valence-electron chi connectivity index (χ4n) is 6.72. The predicted molar refractivity (Wildman–Crippen MR) is 128 cm³/mol. The van der Waals surface area contributed by atoms with Crippen LogP contribution in [0.15, 0.2) is 23.3 Å². The van der Waals surface area contributed by atoms with Crippen molar-refractivity contribution in [3.8, 4) is 0 Å². The maximum atomic E-state index is 13.7. The van der Waals surface area contributed by atoms with Crippen LogP contribution in [0.25, 0.3) is 0 Å². The lowest BCUT2D eigenvalue weighted by molar-refractivity contribution is -0.118. The van der Waals surface area contributed by atoms with Crippen LogP contribution >= 0.6 is 0 Å². The van der Waals surface area contributed by atoms with Gasteiger partial charge in [0.15, 0.2) is 0 Å². The van der Waals surface area contributed by atoms with E-state index in [0.717, 1.165) is 44.3 Å². The zero-order chi connectivity index (χ0) is 23.9. The fourth-order valence-corrected chi connectivity index (χ4v) is 6.72. The first-order chi connectivity index (χ1) is 16.9. The first kappa shape index (κ1) is 21.0. The van der Waals surface area contributed by atoms with Gasteiger partial charge in [-0.2, -0.15) is 0 Å². The van der Waals surface area contributed by atoms with E-state index in [9.17, 15) is 14.4 Å². The number of nitrogens with zero attached hydrogens (tertiary/aromatic N) is 3. The molecule has 2 aromatic heterocycles. The first-order valence-electron chi connectivity index (χ1n) is 12.6. The number of piperidine rings is 1. The lowest BCUT2D eigenvalue weighted by atomic mass is 9.79. The molecule has 10 heteroatoms. The number of pyridine rings is 1. The highest BCUT2D eigenvalue weighted by Crippen LogP contribution is 2.59. The molecule has 2 aliphatic heterocycles. The van der Waals surface area contributed by atoms with E-state index in [2.05, 4.69) is 31.2 Å². The fraction of sp³-hybridized carbons (Fsp3) is 0.560. The molecule has 2 aromatic rings. The molecule has 4 fully saturated rings. The number of carbonyl (C=O) groups excluding carboxylic acids is 2. The zero-order valence-electron chi connectivity index (χ0n) is 19.7. The third-order valence-electron chi connectivity index (χ3n) is 9.05. The molecule has 3 saturated carbocycles. The summed E-state index contributed by atoms with van der Waals surface area (Å²) in [7, 11) is 0. The third kappa shape index (κ3) is 3.22. The van der Waals surface area contributed by atoms with E-state index in [0.29, 0.717) is 40.3 Å². The second-order valence-electron chi connectivity index (χ2n) is 11.1. The molecule has 3 aliphatic carbocycles. The Morgan fingerprint density at radius 2 is 1.71 bits per heavy atom. The highest BCUT2D eigenvalue weighted by molar-refractivity contribution is 5.97. The largest absolute Gasteiger partial charge is 0.336 e. The maximum Gasteiger partial charge on any atom is 0.276 e. The van der Waals surface area contributed by atoms with Gasteiger partial charge >= 0.3 is 0 Å². The summed E-state index contributed by atoms with van der Waals surface area (Å²) in [6.45, 7) is 3.63. The van der Waals surface area contributed by atoms with Crippen LogP contribution in [0.1, 0.15) is 54.6 Å². The molecule has 2 amide bonds. The van der Waals surface area contributed by atoms with Crippen molar-refractivity contribution in [1.29, 1.82) is 0 Å². The topological polar surface area (TPSA) is 130 Å². The molecule has 4 heterocycles. The summed E-state index contributed by atoms with van der Waals surface area (Å²) >= 11 is 0. The van der Waals surface area contributed by atoms with Gasteiger partial charge < -0.3 is 21.3 Å². The minimum Gasteiger partial charge on any atom is -0.336 e. The van der Waals surface area contributed by atoms with Crippen molar-refractivity contribution in [3.63, 3.8) is 0 Å². The van der Waals surface area contributed by atoms with Crippen LogP contribution in [0.3, 0.4) is 0 Å². The van der Waals surface area contributed by atoms with Crippen molar-refractivity contribution in [1.82, 2.24) is 25.2 Å². The summed E-state index contributed by atoms with van der Waals surface area (Å²) in [6, 6.07) is 3.34. The van der Waals surface area contributed by atoms with E-state index in [4.69, 9.17) is 0 Å². The van der Waals surface area contributed by atoms with Crippen LogP contribution in [0, 0.1) is 30.1 Å². The Labute approximate surface area is 202 Å². The average Bonchev–Trinajstić information content (AvgIpc) is 3.67. The van der Waals surface area contributed by atoms with Crippen molar-refractivity contribution in [2.75, 3.05) is 23.7 Å². The molecular formula is C25H29N7O3. The second-order valence-corrected chi connectivity index (χ2v) is 11.1. The van der Waals surface area contributed by atoms with Crippen LogP contribution < -0.4 is 26.8 Å². The van der Waals surface area contributed by atoms with Crippen molar-refractivity contribution < 1.29 is 9.59 Å². The van der Waals surface area contributed by atoms with Gasteiger partial charge in [0.25, 0.3) is 11.5 Å². The minimum absolute atomic E-state index is 0.0168. The predicted octanol–water partition coefficient (Wildman–Crippen LogP) is 1.84. The van der Waals surface area contributed by atoms with E-state index < -0.39 is 5.66 Å². The monoisotopic (exact) mass is 475 g/mol. The lowest BCUT2D eigenvalue weighted by Gasteiger charge is -2.39.